The fourth-order valence-electron chi connectivity index (χ4n) is 2.13. The van der Waals surface area contributed by atoms with Gasteiger partial charge in [0.05, 0.1) is 6.10 Å². The maximum absolute atomic E-state index is 11.2. The summed E-state index contributed by atoms with van der Waals surface area (Å²) in [6.45, 7) is 1.38. The summed E-state index contributed by atoms with van der Waals surface area (Å²) in [5.41, 5.74) is 1.71. The van der Waals surface area contributed by atoms with Crippen LogP contribution in [-0.2, 0) is 9.53 Å². The van der Waals surface area contributed by atoms with E-state index < -0.39 is 12.2 Å². The molecule has 3 heteroatoms. The van der Waals surface area contributed by atoms with Crippen molar-refractivity contribution in [2.45, 2.75) is 25.6 Å². The highest BCUT2D eigenvalue weighted by Crippen LogP contribution is 2.29. The fourth-order valence-corrected chi connectivity index (χ4v) is 2.13. The number of carbonyl (C=O) groups is 1. The highest BCUT2D eigenvalue weighted by atomic mass is 16.5. The lowest BCUT2D eigenvalue weighted by Crippen LogP contribution is -2.12. The molecule has 2 aromatic rings. The Bertz CT molecular complexity index is 537. The first-order valence-corrected chi connectivity index (χ1v) is 6.62. The van der Waals surface area contributed by atoms with Crippen LogP contribution in [0.4, 0.5) is 0 Å². The van der Waals surface area contributed by atoms with Crippen LogP contribution in [0, 0.1) is 0 Å². The van der Waals surface area contributed by atoms with Gasteiger partial charge in [-0.15, -0.1) is 0 Å². The molecule has 0 saturated heterocycles. The van der Waals surface area contributed by atoms with Gasteiger partial charge in [-0.2, -0.15) is 0 Å². The third-order valence-corrected chi connectivity index (χ3v) is 3.10. The number of benzene rings is 2. The van der Waals surface area contributed by atoms with Gasteiger partial charge in [-0.3, -0.25) is 4.79 Å². The molecular formula is C17H18O3. The molecule has 0 aliphatic heterocycles. The van der Waals surface area contributed by atoms with Crippen molar-refractivity contribution in [3.63, 3.8) is 0 Å². The van der Waals surface area contributed by atoms with Crippen molar-refractivity contribution < 1.29 is 14.6 Å². The first-order chi connectivity index (χ1) is 9.66. The number of esters is 1. The van der Waals surface area contributed by atoms with Crippen LogP contribution in [0.5, 0.6) is 0 Å². The SMILES string of the molecule is CC(=O)O[C@H](CC(O)c1ccccc1)c1ccccc1. The second-order valence-corrected chi connectivity index (χ2v) is 4.67. The van der Waals surface area contributed by atoms with E-state index in [1.54, 1.807) is 0 Å². The van der Waals surface area contributed by atoms with Crippen molar-refractivity contribution in [3.05, 3.63) is 71.8 Å². The molecule has 2 rings (SSSR count). The van der Waals surface area contributed by atoms with Crippen molar-refractivity contribution in [2.75, 3.05) is 0 Å². The molecule has 2 aromatic carbocycles. The van der Waals surface area contributed by atoms with Crippen molar-refractivity contribution in [2.24, 2.45) is 0 Å². The molecule has 2 atom stereocenters. The Morgan fingerprint density at radius 1 is 1.00 bits per heavy atom. The van der Waals surface area contributed by atoms with Crippen LogP contribution >= 0.6 is 0 Å². The van der Waals surface area contributed by atoms with E-state index >= 15 is 0 Å². The van der Waals surface area contributed by atoms with E-state index in [0.29, 0.717) is 6.42 Å². The summed E-state index contributed by atoms with van der Waals surface area (Å²) in [5, 5.41) is 10.3. The molecule has 0 bridgehead atoms. The van der Waals surface area contributed by atoms with E-state index in [9.17, 15) is 9.90 Å². The lowest BCUT2D eigenvalue weighted by Gasteiger charge is -2.21. The Morgan fingerprint density at radius 2 is 1.50 bits per heavy atom. The van der Waals surface area contributed by atoms with Crippen LogP contribution in [0.15, 0.2) is 60.7 Å². The quantitative estimate of drug-likeness (QED) is 0.847. The van der Waals surface area contributed by atoms with Gasteiger partial charge in [-0.05, 0) is 11.1 Å². The molecule has 0 heterocycles. The Kier molecular flexibility index (Phi) is 4.91. The predicted octanol–water partition coefficient (Wildman–Crippen LogP) is 3.41. The number of carbonyl (C=O) groups excluding carboxylic acids is 1. The average molecular weight is 270 g/mol. The van der Waals surface area contributed by atoms with Crippen LogP contribution in [0.25, 0.3) is 0 Å². The zero-order valence-electron chi connectivity index (χ0n) is 11.4. The van der Waals surface area contributed by atoms with Crippen LogP contribution in [0.1, 0.15) is 36.7 Å². The normalized spacial score (nSPS) is 13.5. The lowest BCUT2D eigenvalue weighted by molar-refractivity contribution is -0.148. The van der Waals surface area contributed by atoms with Gasteiger partial charge in [-0.1, -0.05) is 60.7 Å². The Balaban J connectivity index is 2.14. The van der Waals surface area contributed by atoms with E-state index in [-0.39, 0.29) is 5.97 Å². The Hall–Kier alpha value is -2.13. The first kappa shape index (κ1) is 14.3. The minimum Gasteiger partial charge on any atom is -0.458 e. The van der Waals surface area contributed by atoms with Gasteiger partial charge in [0.2, 0.25) is 0 Å². The highest BCUT2D eigenvalue weighted by Gasteiger charge is 2.20. The summed E-state index contributed by atoms with van der Waals surface area (Å²) in [7, 11) is 0. The summed E-state index contributed by atoms with van der Waals surface area (Å²) in [4.78, 5) is 11.2. The third-order valence-electron chi connectivity index (χ3n) is 3.10. The molecule has 0 spiro atoms. The van der Waals surface area contributed by atoms with Gasteiger partial charge < -0.3 is 9.84 Å². The summed E-state index contributed by atoms with van der Waals surface area (Å²) < 4.78 is 5.33. The molecule has 0 fully saturated rings. The van der Waals surface area contributed by atoms with E-state index in [2.05, 4.69) is 0 Å². The molecule has 104 valence electrons. The molecule has 0 radical (unpaired) electrons. The second-order valence-electron chi connectivity index (χ2n) is 4.67. The number of hydrogen-bond acceptors (Lipinski definition) is 3. The van der Waals surface area contributed by atoms with Gasteiger partial charge in [0.15, 0.2) is 0 Å². The molecule has 1 unspecified atom stereocenters. The lowest BCUT2D eigenvalue weighted by atomic mass is 9.99. The minimum atomic E-state index is -0.666. The van der Waals surface area contributed by atoms with E-state index in [0.717, 1.165) is 11.1 Å². The molecule has 0 aliphatic carbocycles. The third kappa shape index (κ3) is 3.93. The Morgan fingerprint density at radius 3 is 2.00 bits per heavy atom. The summed E-state index contributed by atoms with van der Waals surface area (Å²) in [6.07, 6.45) is -0.766. The number of aliphatic hydroxyl groups excluding tert-OH is 1. The average Bonchev–Trinajstić information content (AvgIpc) is 2.48. The van der Waals surface area contributed by atoms with Crippen molar-refractivity contribution in [1.29, 1.82) is 0 Å². The molecule has 0 aliphatic rings. The number of aliphatic hydroxyl groups is 1. The molecule has 20 heavy (non-hydrogen) atoms. The zero-order valence-corrected chi connectivity index (χ0v) is 11.4. The number of rotatable bonds is 5. The predicted molar refractivity (Wildman–Crippen MR) is 77.0 cm³/mol. The zero-order chi connectivity index (χ0) is 14.4. The van der Waals surface area contributed by atoms with Crippen molar-refractivity contribution >= 4 is 5.97 Å². The van der Waals surface area contributed by atoms with Gasteiger partial charge in [-0.25, -0.2) is 0 Å². The van der Waals surface area contributed by atoms with Gasteiger partial charge >= 0.3 is 5.97 Å². The maximum atomic E-state index is 11.2. The summed E-state index contributed by atoms with van der Waals surface area (Å²) in [5.74, 6) is -0.348. The van der Waals surface area contributed by atoms with Gasteiger partial charge in [0, 0.05) is 13.3 Å². The Labute approximate surface area is 118 Å². The summed E-state index contributed by atoms with van der Waals surface area (Å²) in [6, 6.07) is 18.8. The minimum absolute atomic E-state index is 0.341. The van der Waals surface area contributed by atoms with Gasteiger partial charge in [0.1, 0.15) is 6.10 Å². The summed E-state index contributed by atoms with van der Waals surface area (Å²) >= 11 is 0. The van der Waals surface area contributed by atoms with Crippen LogP contribution in [0.2, 0.25) is 0 Å². The van der Waals surface area contributed by atoms with Crippen molar-refractivity contribution in [3.8, 4) is 0 Å². The van der Waals surface area contributed by atoms with Crippen LogP contribution < -0.4 is 0 Å². The number of hydrogen-bond donors (Lipinski definition) is 1. The van der Waals surface area contributed by atoms with Crippen LogP contribution in [-0.4, -0.2) is 11.1 Å². The van der Waals surface area contributed by atoms with E-state index in [1.165, 1.54) is 6.92 Å². The van der Waals surface area contributed by atoms with Crippen LogP contribution in [0.3, 0.4) is 0 Å². The molecule has 0 saturated carbocycles. The monoisotopic (exact) mass is 270 g/mol. The first-order valence-electron chi connectivity index (χ1n) is 6.62. The standard InChI is InChI=1S/C17H18O3/c1-13(18)20-17(15-10-6-3-7-11-15)12-16(19)14-8-4-2-5-9-14/h2-11,16-17,19H,12H2,1H3/t16?,17-/m1/s1. The van der Waals surface area contributed by atoms with Gasteiger partial charge in [0.25, 0.3) is 0 Å². The highest BCUT2D eigenvalue weighted by molar-refractivity contribution is 5.66. The maximum Gasteiger partial charge on any atom is 0.303 e. The number of ether oxygens (including phenoxy) is 1. The molecular weight excluding hydrogens is 252 g/mol. The molecule has 0 amide bonds. The molecule has 1 N–H and O–H groups in total. The fraction of sp³-hybridized carbons (Fsp3) is 0.235. The largest absolute Gasteiger partial charge is 0.458 e. The van der Waals surface area contributed by atoms with E-state index in [4.69, 9.17) is 4.74 Å². The second kappa shape index (κ2) is 6.87. The molecule has 3 nitrogen and oxygen atoms in total. The van der Waals surface area contributed by atoms with Crippen molar-refractivity contribution in [1.82, 2.24) is 0 Å². The smallest absolute Gasteiger partial charge is 0.303 e. The van der Waals surface area contributed by atoms with E-state index in [1.807, 2.05) is 60.7 Å². The molecule has 0 aromatic heterocycles. The topological polar surface area (TPSA) is 46.5 Å².